The van der Waals surface area contributed by atoms with Crippen LogP contribution in [0.25, 0.3) is 0 Å². The molecule has 2 rings (SSSR count). The van der Waals surface area contributed by atoms with Gasteiger partial charge in [0.25, 0.3) is 0 Å². The smallest absolute Gasteiger partial charge is 0.400 e. The summed E-state index contributed by atoms with van der Waals surface area (Å²) in [5, 5.41) is 0. The highest BCUT2D eigenvalue weighted by Gasteiger charge is 2.53. The van der Waals surface area contributed by atoms with Crippen LogP contribution < -0.4 is 0 Å². The Hall–Kier alpha value is -0.315. The Kier molecular flexibility index (Phi) is 2.54. The van der Waals surface area contributed by atoms with E-state index in [0.717, 1.165) is 5.47 Å². The van der Waals surface area contributed by atoms with Crippen LogP contribution in [0.3, 0.4) is 0 Å². The first-order valence-electron chi connectivity index (χ1n) is 5.84. The fourth-order valence-corrected chi connectivity index (χ4v) is 1.93. The molecule has 0 aromatic heterocycles. The largest absolute Gasteiger partial charge is 0.492 e. The summed E-state index contributed by atoms with van der Waals surface area (Å²) < 4.78 is 17.6. The van der Waals surface area contributed by atoms with E-state index in [-0.39, 0.29) is 23.9 Å². The van der Waals surface area contributed by atoms with E-state index < -0.39 is 0 Å². The lowest BCUT2D eigenvalue weighted by molar-refractivity contribution is 0.00578. The standard InChI is InChI=1S/C12H21BO3/c1-10(2)7-9(8-14-10)13-15-11(3,4)12(5,6)16-13/h7H,8H2,1-6H3. The quantitative estimate of drug-likeness (QED) is 0.640. The molecule has 2 heterocycles. The van der Waals surface area contributed by atoms with E-state index >= 15 is 0 Å². The second-order valence-electron chi connectivity index (χ2n) is 6.20. The molecule has 0 radical (unpaired) electrons. The summed E-state index contributed by atoms with van der Waals surface area (Å²) in [6, 6.07) is 0. The zero-order chi connectivity index (χ0) is 12.2. The summed E-state index contributed by atoms with van der Waals surface area (Å²) in [4.78, 5) is 0. The monoisotopic (exact) mass is 224 g/mol. The second-order valence-corrected chi connectivity index (χ2v) is 6.20. The fraction of sp³-hybridized carbons (Fsp3) is 0.833. The predicted molar refractivity (Wildman–Crippen MR) is 64.2 cm³/mol. The van der Waals surface area contributed by atoms with Gasteiger partial charge in [-0.1, -0.05) is 6.08 Å². The van der Waals surface area contributed by atoms with Gasteiger partial charge in [0.05, 0.1) is 23.4 Å². The molecule has 0 aliphatic carbocycles. The molecule has 4 heteroatoms. The van der Waals surface area contributed by atoms with Gasteiger partial charge in [0.2, 0.25) is 0 Å². The molecule has 90 valence electrons. The maximum absolute atomic E-state index is 5.97. The van der Waals surface area contributed by atoms with E-state index in [1.807, 2.05) is 13.8 Å². The van der Waals surface area contributed by atoms with Crippen LogP contribution in [-0.2, 0) is 14.0 Å². The van der Waals surface area contributed by atoms with Crippen LogP contribution in [-0.4, -0.2) is 30.5 Å². The van der Waals surface area contributed by atoms with E-state index in [2.05, 4.69) is 33.8 Å². The SMILES string of the molecule is CC1(C)C=C(B2OC(C)(C)C(C)(C)O2)CO1. The third-order valence-electron chi connectivity index (χ3n) is 3.70. The summed E-state index contributed by atoms with van der Waals surface area (Å²) in [7, 11) is -0.258. The molecule has 0 bridgehead atoms. The number of hydrogen-bond acceptors (Lipinski definition) is 3. The van der Waals surface area contributed by atoms with Crippen molar-refractivity contribution in [1.29, 1.82) is 0 Å². The van der Waals surface area contributed by atoms with Gasteiger partial charge in [0, 0.05) is 0 Å². The van der Waals surface area contributed by atoms with Crippen molar-refractivity contribution in [3.63, 3.8) is 0 Å². The molecule has 0 aromatic carbocycles. The van der Waals surface area contributed by atoms with Crippen LogP contribution in [0.1, 0.15) is 41.5 Å². The normalized spacial score (nSPS) is 30.6. The van der Waals surface area contributed by atoms with Crippen LogP contribution in [0, 0.1) is 0 Å². The highest BCUT2D eigenvalue weighted by Crippen LogP contribution is 2.40. The summed E-state index contributed by atoms with van der Waals surface area (Å²) in [5.41, 5.74) is 0.360. The average molecular weight is 224 g/mol. The topological polar surface area (TPSA) is 27.7 Å². The zero-order valence-electron chi connectivity index (χ0n) is 11.1. The van der Waals surface area contributed by atoms with Gasteiger partial charge < -0.3 is 14.0 Å². The molecule has 3 nitrogen and oxygen atoms in total. The molecular weight excluding hydrogens is 203 g/mol. The summed E-state index contributed by atoms with van der Waals surface area (Å²) in [6.45, 7) is 13.0. The van der Waals surface area contributed by atoms with Crippen LogP contribution in [0.15, 0.2) is 11.5 Å². The van der Waals surface area contributed by atoms with E-state index in [1.54, 1.807) is 0 Å². The van der Waals surface area contributed by atoms with E-state index in [1.165, 1.54) is 0 Å². The Morgan fingerprint density at radius 2 is 1.50 bits per heavy atom. The van der Waals surface area contributed by atoms with Crippen molar-refractivity contribution in [2.75, 3.05) is 6.61 Å². The molecule has 0 spiro atoms. The first kappa shape index (κ1) is 12.2. The van der Waals surface area contributed by atoms with E-state index in [9.17, 15) is 0 Å². The molecule has 1 saturated heterocycles. The van der Waals surface area contributed by atoms with Crippen molar-refractivity contribution in [3.8, 4) is 0 Å². The van der Waals surface area contributed by atoms with E-state index in [4.69, 9.17) is 14.0 Å². The summed E-state index contributed by atoms with van der Waals surface area (Å²) >= 11 is 0. The average Bonchev–Trinajstić information content (AvgIpc) is 2.52. The third-order valence-corrected chi connectivity index (χ3v) is 3.70. The first-order valence-corrected chi connectivity index (χ1v) is 5.84. The van der Waals surface area contributed by atoms with Crippen molar-refractivity contribution >= 4 is 7.12 Å². The van der Waals surface area contributed by atoms with Gasteiger partial charge in [-0.25, -0.2) is 0 Å². The minimum Gasteiger partial charge on any atom is -0.400 e. The highest BCUT2D eigenvalue weighted by molar-refractivity contribution is 6.54. The molecule has 0 amide bonds. The lowest BCUT2D eigenvalue weighted by Gasteiger charge is -2.32. The Morgan fingerprint density at radius 1 is 1.00 bits per heavy atom. The molecule has 0 unspecified atom stereocenters. The number of rotatable bonds is 1. The number of ether oxygens (including phenoxy) is 1. The molecule has 16 heavy (non-hydrogen) atoms. The molecule has 0 atom stereocenters. The molecule has 0 aromatic rings. The Bertz CT molecular complexity index is 315. The molecule has 2 aliphatic heterocycles. The summed E-state index contributed by atoms with van der Waals surface area (Å²) in [6.07, 6.45) is 2.11. The Labute approximate surface area is 98.3 Å². The van der Waals surface area contributed by atoms with Gasteiger partial charge in [-0.2, -0.15) is 0 Å². The van der Waals surface area contributed by atoms with Crippen LogP contribution >= 0.6 is 0 Å². The lowest BCUT2D eigenvalue weighted by atomic mass is 9.78. The molecule has 2 aliphatic rings. The maximum atomic E-state index is 5.97. The maximum Gasteiger partial charge on any atom is 0.492 e. The van der Waals surface area contributed by atoms with Gasteiger partial charge in [-0.3, -0.25) is 0 Å². The first-order chi connectivity index (χ1) is 7.13. The van der Waals surface area contributed by atoms with Crippen LogP contribution in [0.5, 0.6) is 0 Å². The third kappa shape index (κ3) is 1.94. The van der Waals surface area contributed by atoms with Crippen molar-refractivity contribution in [3.05, 3.63) is 11.5 Å². The number of hydrogen-bond donors (Lipinski definition) is 0. The Morgan fingerprint density at radius 3 is 1.88 bits per heavy atom. The van der Waals surface area contributed by atoms with Gasteiger partial charge in [0.1, 0.15) is 0 Å². The van der Waals surface area contributed by atoms with Crippen LogP contribution in [0.2, 0.25) is 0 Å². The van der Waals surface area contributed by atoms with E-state index in [0.29, 0.717) is 6.61 Å². The van der Waals surface area contributed by atoms with Crippen LogP contribution in [0.4, 0.5) is 0 Å². The molecule has 0 N–H and O–H groups in total. The Balaban J connectivity index is 2.16. The van der Waals surface area contributed by atoms with Gasteiger partial charge >= 0.3 is 7.12 Å². The predicted octanol–water partition coefficient (Wildman–Crippen LogP) is 2.35. The highest BCUT2D eigenvalue weighted by atomic mass is 16.7. The van der Waals surface area contributed by atoms with Crippen molar-refractivity contribution in [1.82, 2.24) is 0 Å². The lowest BCUT2D eigenvalue weighted by Crippen LogP contribution is -2.41. The van der Waals surface area contributed by atoms with Gasteiger partial charge in [-0.05, 0) is 47.0 Å². The second kappa shape index (κ2) is 3.34. The van der Waals surface area contributed by atoms with Crippen molar-refractivity contribution < 1.29 is 14.0 Å². The zero-order valence-corrected chi connectivity index (χ0v) is 11.1. The fourth-order valence-electron chi connectivity index (χ4n) is 1.93. The van der Waals surface area contributed by atoms with Gasteiger partial charge in [0.15, 0.2) is 0 Å². The summed E-state index contributed by atoms with van der Waals surface area (Å²) in [5.74, 6) is 0. The molecule has 0 saturated carbocycles. The van der Waals surface area contributed by atoms with Gasteiger partial charge in [-0.15, -0.1) is 0 Å². The minimum atomic E-state index is -0.273. The van der Waals surface area contributed by atoms with Crippen molar-refractivity contribution in [2.24, 2.45) is 0 Å². The molecular formula is C12H21BO3. The van der Waals surface area contributed by atoms with Crippen molar-refractivity contribution in [2.45, 2.75) is 58.3 Å². The minimum absolute atomic E-state index is 0.196. The molecule has 1 fully saturated rings.